The van der Waals surface area contributed by atoms with Crippen LogP contribution in [0.25, 0.3) is 0 Å². The van der Waals surface area contributed by atoms with Crippen LogP contribution in [0.4, 0.5) is 4.39 Å². The Kier molecular flexibility index (Phi) is 7.13. The Morgan fingerprint density at radius 1 is 1.05 bits per heavy atom. The molecule has 2 atom stereocenters. The lowest BCUT2D eigenvalue weighted by Gasteiger charge is -2.29. The fourth-order valence-corrected chi connectivity index (χ4v) is 3.85. The van der Waals surface area contributed by atoms with Crippen LogP contribution in [-0.4, -0.2) is 37.6 Å². The van der Waals surface area contributed by atoms with Crippen LogP contribution in [0.2, 0.25) is 0 Å². The molecule has 4 heteroatoms. The molecule has 2 aliphatic rings. The van der Waals surface area contributed by atoms with Gasteiger partial charge in [0.2, 0.25) is 0 Å². The molecule has 2 unspecified atom stereocenters. The molecular weight excluding hydrogens is 299 g/mol. The highest BCUT2D eigenvalue weighted by Crippen LogP contribution is 2.28. The van der Waals surface area contributed by atoms with Crippen LogP contribution in [0.5, 0.6) is 0 Å². The zero-order chi connectivity index (χ0) is 14.5. The molecular formula is C18H28ClFN2. The molecule has 2 heterocycles. The van der Waals surface area contributed by atoms with E-state index in [0.717, 1.165) is 5.92 Å². The Balaban J connectivity index is 0.00000176. The van der Waals surface area contributed by atoms with Crippen molar-refractivity contribution in [2.75, 3.05) is 32.7 Å². The van der Waals surface area contributed by atoms with E-state index in [4.69, 9.17) is 0 Å². The number of likely N-dealkylation sites (tertiary alicyclic amines) is 1. The number of benzene rings is 1. The largest absolute Gasteiger partial charge is 0.316 e. The van der Waals surface area contributed by atoms with Gasteiger partial charge >= 0.3 is 0 Å². The highest BCUT2D eigenvalue weighted by atomic mass is 35.5. The van der Waals surface area contributed by atoms with Crippen LogP contribution >= 0.6 is 12.4 Å². The third-order valence-corrected chi connectivity index (χ3v) is 5.08. The molecule has 0 radical (unpaired) electrons. The Bertz CT molecular complexity index is 431. The minimum Gasteiger partial charge on any atom is -0.316 e. The zero-order valence-corrected chi connectivity index (χ0v) is 14.1. The first-order chi connectivity index (χ1) is 10.3. The van der Waals surface area contributed by atoms with Gasteiger partial charge < -0.3 is 10.2 Å². The molecule has 2 aliphatic heterocycles. The Hall–Kier alpha value is -0.640. The molecule has 0 amide bonds. The summed E-state index contributed by atoms with van der Waals surface area (Å²) >= 11 is 0. The van der Waals surface area contributed by atoms with E-state index >= 15 is 0 Å². The molecule has 1 aromatic rings. The van der Waals surface area contributed by atoms with Gasteiger partial charge in [0.1, 0.15) is 5.82 Å². The van der Waals surface area contributed by atoms with Crippen LogP contribution in [0, 0.1) is 11.7 Å². The summed E-state index contributed by atoms with van der Waals surface area (Å²) in [6, 6.07) is 7.15. The van der Waals surface area contributed by atoms with Crippen LogP contribution in [-0.2, 0) is 0 Å². The van der Waals surface area contributed by atoms with E-state index < -0.39 is 0 Å². The summed E-state index contributed by atoms with van der Waals surface area (Å²) in [5.74, 6) is 1.32. The molecule has 0 spiro atoms. The lowest BCUT2D eigenvalue weighted by atomic mass is 9.92. The van der Waals surface area contributed by atoms with Gasteiger partial charge in [0.15, 0.2) is 0 Å². The summed E-state index contributed by atoms with van der Waals surface area (Å²) in [7, 11) is 0. The normalized spacial score (nSPS) is 27.0. The van der Waals surface area contributed by atoms with Gasteiger partial charge in [0.05, 0.1) is 0 Å². The average Bonchev–Trinajstić information content (AvgIpc) is 2.75. The van der Waals surface area contributed by atoms with E-state index in [0.29, 0.717) is 5.92 Å². The molecule has 1 aromatic carbocycles. The van der Waals surface area contributed by atoms with Gasteiger partial charge in [-0.3, -0.25) is 0 Å². The van der Waals surface area contributed by atoms with E-state index in [1.807, 2.05) is 12.1 Å². The van der Waals surface area contributed by atoms with Crippen LogP contribution < -0.4 is 5.32 Å². The molecule has 2 saturated heterocycles. The lowest BCUT2D eigenvalue weighted by Crippen LogP contribution is -2.38. The fraction of sp³-hybridized carbons (Fsp3) is 0.667. The maximum atomic E-state index is 13.0. The molecule has 0 aromatic heterocycles. The summed E-state index contributed by atoms with van der Waals surface area (Å²) in [6.07, 6.45) is 6.43. The second kappa shape index (κ2) is 8.85. The van der Waals surface area contributed by atoms with Gasteiger partial charge in [-0.2, -0.15) is 0 Å². The summed E-state index contributed by atoms with van der Waals surface area (Å²) in [4.78, 5) is 2.65. The number of hydrogen-bond donors (Lipinski definition) is 1. The monoisotopic (exact) mass is 326 g/mol. The maximum absolute atomic E-state index is 13.0. The van der Waals surface area contributed by atoms with Crippen LogP contribution in [0.15, 0.2) is 24.3 Å². The number of piperidine rings is 1. The zero-order valence-electron chi connectivity index (χ0n) is 13.3. The lowest BCUT2D eigenvalue weighted by molar-refractivity contribution is 0.214. The van der Waals surface area contributed by atoms with Crippen molar-refractivity contribution >= 4 is 12.4 Å². The molecule has 0 bridgehead atoms. The van der Waals surface area contributed by atoms with Gasteiger partial charge in [-0.15, -0.1) is 12.4 Å². The standard InChI is InChI=1S/C18H27FN2.ClH/c19-18-7-5-17(6-8-18)16-4-2-11-21(12-9-16)14-15-3-1-10-20-13-15;/h5-8,15-16,20H,1-4,9-14H2;1H. The van der Waals surface area contributed by atoms with Crippen LogP contribution in [0.1, 0.15) is 43.6 Å². The number of nitrogens with zero attached hydrogens (tertiary/aromatic N) is 1. The first-order valence-corrected chi connectivity index (χ1v) is 8.50. The molecule has 1 N–H and O–H groups in total. The minimum atomic E-state index is -0.126. The highest BCUT2D eigenvalue weighted by molar-refractivity contribution is 5.85. The fourth-order valence-electron chi connectivity index (χ4n) is 3.85. The molecule has 0 saturated carbocycles. The van der Waals surface area contributed by atoms with Crippen LogP contribution in [0.3, 0.4) is 0 Å². The van der Waals surface area contributed by atoms with E-state index in [1.165, 1.54) is 70.4 Å². The van der Waals surface area contributed by atoms with E-state index in [2.05, 4.69) is 10.2 Å². The van der Waals surface area contributed by atoms with E-state index in [9.17, 15) is 4.39 Å². The van der Waals surface area contributed by atoms with Crippen molar-refractivity contribution in [2.45, 2.75) is 38.0 Å². The van der Waals surface area contributed by atoms with Gasteiger partial charge in [-0.1, -0.05) is 12.1 Å². The maximum Gasteiger partial charge on any atom is 0.123 e. The molecule has 3 rings (SSSR count). The molecule has 22 heavy (non-hydrogen) atoms. The predicted molar refractivity (Wildman–Crippen MR) is 92.3 cm³/mol. The molecule has 0 aliphatic carbocycles. The Morgan fingerprint density at radius 3 is 2.59 bits per heavy atom. The molecule has 2 nitrogen and oxygen atoms in total. The Morgan fingerprint density at radius 2 is 1.86 bits per heavy atom. The number of nitrogens with one attached hydrogen (secondary N) is 1. The first kappa shape index (κ1) is 17.7. The summed E-state index contributed by atoms with van der Waals surface area (Å²) < 4.78 is 13.0. The smallest absolute Gasteiger partial charge is 0.123 e. The summed E-state index contributed by atoms with van der Waals surface area (Å²) in [6.45, 7) is 6.07. The van der Waals surface area contributed by atoms with Crippen molar-refractivity contribution in [3.8, 4) is 0 Å². The Labute approximate surface area is 139 Å². The first-order valence-electron chi connectivity index (χ1n) is 8.50. The third kappa shape index (κ3) is 4.94. The predicted octanol–water partition coefficient (Wildman–Crippen LogP) is 3.82. The topological polar surface area (TPSA) is 15.3 Å². The van der Waals surface area contributed by atoms with Gasteiger partial charge in [0, 0.05) is 6.54 Å². The van der Waals surface area contributed by atoms with Gasteiger partial charge in [-0.25, -0.2) is 4.39 Å². The van der Waals surface area contributed by atoms with Gasteiger partial charge in [-0.05, 0) is 87.8 Å². The minimum absolute atomic E-state index is 0. The highest BCUT2D eigenvalue weighted by Gasteiger charge is 2.21. The quantitative estimate of drug-likeness (QED) is 0.908. The average molecular weight is 327 g/mol. The second-order valence-electron chi connectivity index (χ2n) is 6.69. The van der Waals surface area contributed by atoms with Crippen molar-refractivity contribution in [3.05, 3.63) is 35.6 Å². The van der Waals surface area contributed by atoms with Crippen molar-refractivity contribution in [1.82, 2.24) is 10.2 Å². The summed E-state index contributed by atoms with van der Waals surface area (Å²) in [5.41, 5.74) is 1.32. The van der Waals surface area contributed by atoms with Crippen molar-refractivity contribution < 1.29 is 4.39 Å². The number of rotatable bonds is 3. The second-order valence-corrected chi connectivity index (χ2v) is 6.69. The SMILES string of the molecule is Cl.Fc1ccc(C2CCCN(CC3CCCNC3)CC2)cc1. The van der Waals surface area contributed by atoms with Crippen molar-refractivity contribution in [3.63, 3.8) is 0 Å². The van der Waals surface area contributed by atoms with E-state index in [-0.39, 0.29) is 18.2 Å². The van der Waals surface area contributed by atoms with Crippen molar-refractivity contribution in [1.29, 1.82) is 0 Å². The third-order valence-electron chi connectivity index (χ3n) is 5.08. The number of hydrogen-bond acceptors (Lipinski definition) is 2. The summed E-state index contributed by atoms with van der Waals surface area (Å²) in [5, 5.41) is 3.52. The van der Waals surface area contributed by atoms with E-state index in [1.54, 1.807) is 12.1 Å². The number of halogens is 2. The van der Waals surface area contributed by atoms with Crippen molar-refractivity contribution in [2.24, 2.45) is 5.92 Å². The van der Waals surface area contributed by atoms with Gasteiger partial charge in [0.25, 0.3) is 0 Å². The molecule has 124 valence electrons. The molecule has 2 fully saturated rings.